The van der Waals surface area contributed by atoms with Gasteiger partial charge in [-0.25, -0.2) is 4.39 Å². The number of nitrogens with zero attached hydrogens (tertiary/aromatic N) is 2. The summed E-state index contributed by atoms with van der Waals surface area (Å²) < 4.78 is 13.4. The van der Waals surface area contributed by atoms with Crippen LogP contribution in [0.4, 0.5) is 15.8 Å². The Morgan fingerprint density at radius 1 is 0.962 bits per heavy atom. The molecule has 134 valence electrons. The Labute approximate surface area is 152 Å². The second-order valence-electron chi connectivity index (χ2n) is 6.96. The topological polar surface area (TPSA) is 40.6 Å². The van der Waals surface area contributed by atoms with Gasteiger partial charge in [-0.15, -0.1) is 0 Å². The zero-order chi connectivity index (χ0) is 18.1. The van der Waals surface area contributed by atoms with Gasteiger partial charge in [-0.1, -0.05) is 24.3 Å². The Bertz CT molecular complexity index is 847. The van der Waals surface area contributed by atoms with E-state index < -0.39 is 0 Å². The number of hydrogen-bond acceptors (Lipinski definition) is 2. The van der Waals surface area contributed by atoms with Crippen LogP contribution in [-0.4, -0.2) is 24.9 Å². The first-order chi connectivity index (χ1) is 12.6. The fourth-order valence-corrected chi connectivity index (χ4v) is 3.50. The van der Waals surface area contributed by atoms with Gasteiger partial charge in [0.05, 0.1) is 17.8 Å². The van der Waals surface area contributed by atoms with E-state index in [1.54, 1.807) is 17.0 Å². The summed E-state index contributed by atoms with van der Waals surface area (Å²) in [5.41, 5.74) is 2.22. The molecule has 5 heteroatoms. The van der Waals surface area contributed by atoms with Crippen LogP contribution in [0.25, 0.3) is 0 Å². The van der Waals surface area contributed by atoms with E-state index in [0.717, 1.165) is 30.6 Å². The summed E-state index contributed by atoms with van der Waals surface area (Å²) in [7, 11) is 0. The predicted molar refractivity (Wildman–Crippen MR) is 98.6 cm³/mol. The zero-order valence-electron chi connectivity index (χ0n) is 14.5. The molecule has 0 N–H and O–H groups in total. The van der Waals surface area contributed by atoms with Crippen molar-refractivity contribution in [1.29, 1.82) is 0 Å². The van der Waals surface area contributed by atoms with Crippen LogP contribution < -0.4 is 9.80 Å². The lowest BCUT2D eigenvalue weighted by molar-refractivity contribution is -0.120. The summed E-state index contributed by atoms with van der Waals surface area (Å²) in [6.07, 6.45) is 2.78. The van der Waals surface area contributed by atoms with Crippen LogP contribution in [0.5, 0.6) is 0 Å². The minimum absolute atomic E-state index is 0.0798. The average Bonchev–Trinajstić information content (AvgIpc) is 3.47. The highest BCUT2D eigenvalue weighted by atomic mass is 19.1. The summed E-state index contributed by atoms with van der Waals surface area (Å²) in [6.45, 7) is 1.18. The number of amides is 2. The van der Waals surface area contributed by atoms with E-state index in [9.17, 15) is 14.0 Å². The molecule has 2 aromatic rings. The third-order valence-electron chi connectivity index (χ3n) is 4.96. The van der Waals surface area contributed by atoms with E-state index >= 15 is 0 Å². The third-order valence-corrected chi connectivity index (χ3v) is 4.96. The van der Waals surface area contributed by atoms with Crippen LogP contribution in [0.2, 0.25) is 0 Å². The van der Waals surface area contributed by atoms with Gasteiger partial charge in [0.2, 0.25) is 11.8 Å². The van der Waals surface area contributed by atoms with Gasteiger partial charge < -0.3 is 9.80 Å². The molecule has 2 amide bonds. The van der Waals surface area contributed by atoms with Crippen LogP contribution in [0.15, 0.2) is 48.5 Å². The van der Waals surface area contributed by atoms with Crippen LogP contribution >= 0.6 is 0 Å². The van der Waals surface area contributed by atoms with Gasteiger partial charge in [0.15, 0.2) is 0 Å². The molecule has 1 heterocycles. The normalized spacial score (nSPS) is 16.8. The Hall–Kier alpha value is -2.69. The van der Waals surface area contributed by atoms with Crippen LogP contribution in [0.1, 0.15) is 24.8 Å². The largest absolute Gasteiger partial charge is 0.310 e. The maximum atomic E-state index is 13.4. The number of benzene rings is 2. The first kappa shape index (κ1) is 16.8. The maximum absolute atomic E-state index is 13.4. The number of carbonyl (C=O) groups excluding carboxylic acids is 2. The van der Waals surface area contributed by atoms with Crippen LogP contribution in [0.3, 0.4) is 0 Å². The van der Waals surface area contributed by atoms with E-state index in [0.29, 0.717) is 18.7 Å². The predicted octanol–water partition coefficient (Wildman–Crippen LogP) is 3.55. The van der Waals surface area contributed by atoms with Gasteiger partial charge in [-0.2, -0.15) is 0 Å². The quantitative estimate of drug-likeness (QED) is 0.848. The van der Waals surface area contributed by atoms with Gasteiger partial charge in [0.1, 0.15) is 5.82 Å². The monoisotopic (exact) mass is 352 g/mol. The van der Waals surface area contributed by atoms with E-state index in [1.165, 1.54) is 12.1 Å². The molecule has 1 aliphatic heterocycles. The first-order valence-corrected chi connectivity index (χ1v) is 9.09. The lowest BCUT2D eigenvalue weighted by atomic mass is 10.1. The SMILES string of the molecule is O=C(Cc1cccc(F)c1)N1CCCN(C(=O)C2CC2)c2ccccc21. The highest BCUT2D eigenvalue weighted by Gasteiger charge is 2.36. The first-order valence-electron chi connectivity index (χ1n) is 9.09. The number of halogens is 1. The molecule has 0 saturated heterocycles. The molecule has 2 aromatic carbocycles. The molecule has 0 unspecified atom stereocenters. The van der Waals surface area contributed by atoms with Crippen molar-refractivity contribution in [2.24, 2.45) is 5.92 Å². The van der Waals surface area contributed by atoms with Gasteiger partial charge in [-0.3, -0.25) is 9.59 Å². The van der Waals surface area contributed by atoms with E-state index in [1.807, 2.05) is 29.2 Å². The molecule has 1 saturated carbocycles. The second kappa shape index (κ2) is 6.90. The van der Waals surface area contributed by atoms with Crippen molar-refractivity contribution in [2.75, 3.05) is 22.9 Å². The number of anilines is 2. The number of hydrogen-bond donors (Lipinski definition) is 0. The van der Waals surface area contributed by atoms with Gasteiger partial charge >= 0.3 is 0 Å². The van der Waals surface area contributed by atoms with Crippen molar-refractivity contribution < 1.29 is 14.0 Å². The maximum Gasteiger partial charge on any atom is 0.231 e. The van der Waals surface area contributed by atoms with Gasteiger partial charge in [0, 0.05) is 19.0 Å². The van der Waals surface area contributed by atoms with Crippen molar-refractivity contribution in [1.82, 2.24) is 0 Å². The zero-order valence-corrected chi connectivity index (χ0v) is 14.5. The Morgan fingerprint density at radius 3 is 2.35 bits per heavy atom. The lowest BCUT2D eigenvalue weighted by Crippen LogP contribution is -2.33. The highest BCUT2D eigenvalue weighted by Crippen LogP contribution is 2.38. The molecule has 1 fully saturated rings. The Morgan fingerprint density at radius 2 is 1.65 bits per heavy atom. The summed E-state index contributed by atoms with van der Waals surface area (Å²) in [4.78, 5) is 29.2. The molecule has 4 rings (SSSR count). The average molecular weight is 352 g/mol. The molecular formula is C21H21FN2O2. The van der Waals surface area contributed by atoms with Crippen LogP contribution in [0, 0.1) is 11.7 Å². The van der Waals surface area contributed by atoms with E-state index in [4.69, 9.17) is 0 Å². The van der Waals surface area contributed by atoms with Crippen LogP contribution in [-0.2, 0) is 16.0 Å². The molecule has 26 heavy (non-hydrogen) atoms. The molecule has 4 nitrogen and oxygen atoms in total. The number of fused-ring (bicyclic) bond motifs is 1. The minimum atomic E-state index is -0.340. The van der Waals surface area contributed by atoms with Gasteiger partial charge in [0.25, 0.3) is 0 Å². The summed E-state index contributed by atoms with van der Waals surface area (Å²) in [5.74, 6) is -0.119. The molecule has 2 aliphatic rings. The molecule has 0 spiro atoms. The lowest BCUT2D eigenvalue weighted by Gasteiger charge is -2.25. The van der Waals surface area contributed by atoms with E-state index in [2.05, 4.69) is 0 Å². The van der Waals surface area contributed by atoms with E-state index in [-0.39, 0.29) is 30.0 Å². The third kappa shape index (κ3) is 3.34. The molecule has 1 aliphatic carbocycles. The summed E-state index contributed by atoms with van der Waals surface area (Å²) in [6, 6.07) is 13.7. The number of para-hydroxylation sites is 2. The number of carbonyl (C=O) groups is 2. The molecule has 0 atom stereocenters. The Kier molecular flexibility index (Phi) is 4.45. The van der Waals surface area contributed by atoms with Crippen molar-refractivity contribution in [3.8, 4) is 0 Å². The smallest absolute Gasteiger partial charge is 0.231 e. The van der Waals surface area contributed by atoms with Crippen molar-refractivity contribution in [3.05, 3.63) is 59.9 Å². The van der Waals surface area contributed by atoms with Gasteiger partial charge in [-0.05, 0) is 49.1 Å². The standard InChI is InChI=1S/C21H21FN2O2/c22-17-6-3-5-15(13-17)14-20(25)23-11-4-12-24(21(26)16-9-10-16)19-8-2-1-7-18(19)23/h1-3,5-8,13,16H,4,9-12,14H2. The fourth-order valence-electron chi connectivity index (χ4n) is 3.50. The molecule has 0 radical (unpaired) electrons. The molecule has 0 aromatic heterocycles. The second-order valence-corrected chi connectivity index (χ2v) is 6.96. The van der Waals surface area contributed by atoms with Crippen molar-refractivity contribution in [2.45, 2.75) is 25.7 Å². The van der Waals surface area contributed by atoms with Crippen molar-refractivity contribution >= 4 is 23.2 Å². The molecule has 0 bridgehead atoms. The number of rotatable bonds is 3. The summed E-state index contributed by atoms with van der Waals surface area (Å²) >= 11 is 0. The Balaban J connectivity index is 1.62. The highest BCUT2D eigenvalue weighted by molar-refractivity contribution is 6.04. The summed E-state index contributed by atoms with van der Waals surface area (Å²) in [5, 5.41) is 0. The van der Waals surface area contributed by atoms with Crippen molar-refractivity contribution in [3.63, 3.8) is 0 Å². The fraction of sp³-hybridized carbons (Fsp3) is 0.333. The minimum Gasteiger partial charge on any atom is -0.310 e. The molecular weight excluding hydrogens is 331 g/mol.